The van der Waals surface area contributed by atoms with Crippen LogP contribution in [0.15, 0.2) is 17.6 Å². The van der Waals surface area contributed by atoms with Crippen LogP contribution in [0.3, 0.4) is 0 Å². The zero-order valence-electron chi connectivity index (χ0n) is 4.85. The Hall–Kier alpha value is 0.207. The van der Waals surface area contributed by atoms with E-state index in [1.54, 1.807) is 0 Å². The summed E-state index contributed by atoms with van der Waals surface area (Å²) in [6.45, 7) is 3.35. The van der Waals surface area contributed by atoms with Crippen molar-refractivity contribution in [1.82, 2.24) is 0 Å². The molecule has 0 aliphatic carbocycles. The van der Waals surface area contributed by atoms with Crippen LogP contribution in [0.25, 0.3) is 0 Å². The van der Waals surface area contributed by atoms with Crippen molar-refractivity contribution in [1.29, 1.82) is 0 Å². The second-order valence-electron chi connectivity index (χ2n) is 1.44. The van der Waals surface area contributed by atoms with Crippen LogP contribution in [-0.4, -0.2) is 17.7 Å². The number of hydrogen-bond acceptors (Lipinski definition) is 2. The molecule has 2 nitrogen and oxygen atoms in total. The van der Waals surface area contributed by atoms with Gasteiger partial charge in [0.25, 0.3) is 0 Å². The molecule has 0 saturated carbocycles. The Balaban J connectivity index is 4.35. The fourth-order valence-electron chi connectivity index (χ4n) is 0.316. The van der Waals surface area contributed by atoms with E-state index in [4.69, 9.17) is 33.2 Å². The molecule has 0 aromatic carbocycles. The zero-order chi connectivity index (χ0) is 8.20. The third-order valence-corrected chi connectivity index (χ3v) is 3.80. The van der Waals surface area contributed by atoms with E-state index in [1.807, 2.05) is 0 Å². The minimum Gasteiger partial charge on any atom is -0.211 e. The molecule has 0 radical (unpaired) electrons. The van der Waals surface area contributed by atoms with Crippen LogP contribution in [0.1, 0.15) is 0 Å². The summed E-state index contributed by atoms with van der Waals surface area (Å²) in [4.78, 5) is 13.0. The first kappa shape index (κ1) is 10.2. The van der Waals surface area contributed by atoms with Gasteiger partial charge in [-0.25, -0.2) is 4.79 Å². The third kappa shape index (κ3) is 3.39. The maximum atomic E-state index is 9.73. The van der Waals surface area contributed by atoms with Crippen LogP contribution in [-0.2, 0) is 4.79 Å². The van der Waals surface area contributed by atoms with Crippen molar-refractivity contribution in [2.24, 2.45) is 4.99 Å². The fourth-order valence-corrected chi connectivity index (χ4v) is 2.02. The summed E-state index contributed by atoms with van der Waals surface area (Å²) >= 11 is 16.5. The Labute approximate surface area is 73.6 Å². The summed E-state index contributed by atoms with van der Waals surface area (Å²) in [6, 6.07) is -2.94. The van der Waals surface area contributed by atoms with Crippen molar-refractivity contribution >= 4 is 45.3 Å². The van der Waals surface area contributed by atoms with E-state index in [0.717, 1.165) is 0 Å². The first-order chi connectivity index (χ1) is 4.52. The standard InChI is InChI=1S/C4H4Cl3NOSi/c1-2-4(8-3-9)10(5,6)7/h2,4H,1H2. The number of isocyanates is 1. The maximum absolute atomic E-state index is 9.73. The van der Waals surface area contributed by atoms with Gasteiger partial charge in [-0.15, -0.1) is 39.8 Å². The van der Waals surface area contributed by atoms with Crippen molar-refractivity contribution in [3.63, 3.8) is 0 Å². The number of nitrogens with zero attached hydrogens (tertiary/aromatic N) is 1. The number of hydrogen-bond donors (Lipinski definition) is 0. The van der Waals surface area contributed by atoms with Gasteiger partial charge in [-0.3, -0.25) is 0 Å². The number of rotatable bonds is 3. The molecular weight excluding hydrogens is 212 g/mol. The van der Waals surface area contributed by atoms with Crippen molar-refractivity contribution in [2.45, 2.75) is 5.67 Å². The fraction of sp³-hybridized carbons (Fsp3) is 0.250. The smallest absolute Gasteiger partial charge is 0.211 e. The molecule has 0 bridgehead atoms. The Kier molecular flexibility index (Phi) is 4.25. The van der Waals surface area contributed by atoms with Crippen LogP contribution in [0, 0.1) is 0 Å². The largest absolute Gasteiger partial charge is 0.369 e. The summed E-state index contributed by atoms with van der Waals surface area (Å²) < 4.78 is 0. The molecule has 6 heteroatoms. The maximum Gasteiger partial charge on any atom is 0.369 e. The summed E-state index contributed by atoms with van der Waals surface area (Å²) in [5.74, 6) is 0. The molecule has 1 unspecified atom stereocenters. The van der Waals surface area contributed by atoms with Crippen molar-refractivity contribution in [3.05, 3.63) is 12.7 Å². The van der Waals surface area contributed by atoms with Gasteiger partial charge < -0.3 is 0 Å². The molecule has 0 rings (SSSR count). The van der Waals surface area contributed by atoms with E-state index in [-0.39, 0.29) is 0 Å². The Bertz CT molecular complexity index is 172. The molecule has 56 valence electrons. The SMILES string of the molecule is C=CC(N=C=O)[Si](Cl)(Cl)Cl. The van der Waals surface area contributed by atoms with Crippen molar-refractivity contribution in [2.75, 3.05) is 0 Å². The Morgan fingerprint density at radius 2 is 2.10 bits per heavy atom. The van der Waals surface area contributed by atoms with Gasteiger partial charge in [-0.2, -0.15) is 4.99 Å². The molecule has 0 N–H and O–H groups in total. The topological polar surface area (TPSA) is 29.4 Å². The molecule has 10 heavy (non-hydrogen) atoms. The number of halogens is 3. The molecule has 0 fully saturated rings. The van der Waals surface area contributed by atoms with E-state index in [0.29, 0.717) is 0 Å². The highest BCUT2D eigenvalue weighted by Gasteiger charge is 2.34. The zero-order valence-corrected chi connectivity index (χ0v) is 8.12. The van der Waals surface area contributed by atoms with Crippen LogP contribution in [0.4, 0.5) is 0 Å². The van der Waals surface area contributed by atoms with Gasteiger partial charge in [0.05, 0.1) is 0 Å². The van der Waals surface area contributed by atoms with Crippen molar-refractivity contribution in [3.8, 4) is 0 Å². The quantitative estimate of drug-likeness (QED) is 0.233. The van der Waals surface area contributed by atoms with E-state index in [9.17, 15) is 4.79 Å². The van der Waals surface area contributed by atoms with Crippen LogP contribution in [0.2, 0.25) is 0 Å². The van der Waals surface area contributed by atoms with Gasteiger partial charge in [0.1, 0.15) is 5.67 Å². The lowest BCUT2D eigenvalue weighted by Crippen LogP contribution is -2.27. The summed E-state index contributed by atoms with van der Waals surface area (Å²) in [5.41, 5.74) is -0.685. The monoisotopic (exact) mass is 215 g/mol. The molecule has 0 aliphatic rings. The van der Waals surface area contributed by atoms with Crippen molar-refractivity contribution < 1.29 is 4.79 Å². The highest BCUT2D eigenvalue weighted by Crippen LogP contribution is 2.26. The predicted octanol–water partition coefficient (Wildman–Crippen LogP) is 2.07. The number of aliphatic imine (C=N–C) groups is 1. The molecule has 0 saturated heterocycles. The Morgan fingerprint density at radius 1 is 1.60 bits per heavy atom. The van der Waals surface area contributed by atoms with Gasteiger partial charge >= 0.3 is 6.00 Å². The first-order valence-corrected chi connectivity index (χ1v) is 7.40. The normalized spacial score (nSPS) is 13.5. The summed E-state index contributed by atoms with van der Waals surface area (Å²) in [5, 5.41) is 0. The van der Waals surface area contributed by atoms with E-state index in [2.05, 4.69) is 11.6 Å². The van der Waals surface area contributed by atoms with Gasteiger partial charge in [0.15, 0.2) is 0 Å². The molecule has 0 aromatic rings. The van der Waals surface area contributed by atoms with Crippen LogP contribution < -0.4 is 0 Å². The molecule has 0 aliphatic heterocycles. The average Bonchev–Trinajstić information content (AvgIpc) is 1.80. The lowest BCUT2D eigenvalue weighted by atomic mass is 10.6. The Morgan fingerprint density at radius 3 is 2.20 bits per heavy atom. The second kappa shape index (κ2) is 4.16. The highest BCUT2D eigenvalue weighted by atomic mass is 35.8. The second-order valence-corrected chi connectivity index (χ2v) is 10.2. The molecular formula is C4H4Cl3NOSi. The average molecular weight is 217 g/mol. The molecule has 0 aromatic heterocycles. The summed E-state index contributed by atoms with van der Waals surface area (Å²) in [6.07, 6.45) is 2.63. The minimum atomic E-state index is -2.94. The van der Waals surface area contributed by atoms with E-state index < -0.39 is 11.7 Å². The molecule has 0 heterocycles. The first-order valence-electron chi connectivity index (χ1n) is 2.28. The van der Waals surface area contributed by atoms with E-state index in [1.165, 1.54) is 12.2 Å². The number of carbonyl (C=O) groups excluding carboxylic acids is 1. The minimum absolute atomic E-state index is 0.685. The van der Waals surface area contributed by atoms with Crippen LogP contribution >= 0.6 is 33.2 Å². The van der Waals surface area contributed by atoms with Crippen LogP contribution in [0.5, 0.6) is 0 Å². The lowest BCUT2D eigenvalue weighted by molar-refractivity contribution is 0.563. The lowest BCUT2D eigenvalue weighted by Gasteiger charge is -2.10. The highest BCUT2D eigenvalue weighted by molar-refractivity contribution is 7.65. The van der Waals surface area contributed by atoms with Gasteiger partial charge in [0.2, 0.25) is 6.08 Å². The molecule has 0 spiro atoms. The van der Waals surface area contributed by atoms with Gasteiger partial charge in [-0.05, 0) is 0 Å². The van der Waals surface area contributed by atoms with Gasteiger partial charge in [0, 0.05) is 0 Å². The summed E-state index contributed by atoms with van der Waals surface area (Å²) in [7, 11) is 0. The molecule has 1 atom stereocenters. The molecule has 0 amide bonds. The van der Waals surface area contributed by atoms with Gasteiger partial charge in [-0.1, -0.05) is 6.08 Å². The predicted molar refractivity (Wildman–Crippen MR) is 45.4 cm³/mol. The van der Waals surface area contributed by atoms with E-state index >= 15 is 0 Å². The third-order valence-electron chi connectivity index (χ3n) is 0.750.